The van der Waals surface area contributed by atoms with E-state index in [9.17, 15) is 4.21 Å². The normalized spacial score (nSPS) is 12.4. The maximum absolute atomic E-state index is 12.2. The molecular weight excluding hydrogens is 368 g/mol. The fourth-order valence-corrected chi connectivity index (χ4v) is 3.63. The maximum atomic E-state index is 12.2. The summed E-state index contributed by atoms with van der Waals surface area (Å²) in [4.78, 5) is 9.39. The molecule has 0 saturated heterocycles. The standard InChI is InChI=1S/C17H16N6O3S/c1-3-27(24)10-4-5-13(14(8-10)25-2)23-12-6-7-19-9-11(12)20-17(23)15-16(18)22-26-21-15/h4-9H,3H2,1-2H3,(H2,18,22). The van der Waals surface area contributed by atoms with Gasteiger partial charge in [0.25, 0.3) is 0 Å². The first-order chi connectivity index (χ1) is 13.1. The number of methoxy groups -OCH3 is 1. The number of nitrogens with zero attached hydrogens (tertiary/aromatic N) is 5. The number of hydrogen-bond donors (Lipinski definition) is 1. The Morgan fingerprint density at radius 1 is 1.30 bits per heavy atom. The van der Waals surface area contributed by atoms with Crippen LogP contribution in [0.1, 0.15) is 6.92 Å². The molecule has 0 aliphatic carbocycles. The van der Waals surface area contributed by atoms with Gasteiger partial charge >= 0.3 is 0 Å². The molecule has 0 aliphatic rings. The zero-order valence-corrected chi connectivity index (χ0v) is 15.4. The molecule has 0 fully saturated rings. The topological polar surface area (TPSA) is 122 Å². The van der Waals surface area contributed by atoms with Crippen molar-refractivity contribution in [1.82, 2.24) is 24.8 Å². The zero-order chi connectivity index (χ0) is 19.0. The molecule has 0 radical (unpaired) electrons. The third-order valence-corrected chi connectivity index (χ3v) is 5.40. The van der Waals surface area contributed by atoms with Crippen molar-refractivity contribution in [3.63, 3.8) is 0 Å². The highest BCUT2D eigenvalue weighted by molar-refractivity contribution is 7.85. The summed E-state index contributed by atoms with van der Waals surface area (Å²) < 4.78 is 24.3. The quantitative estimate of drug-likeness (QED) is 0.555. The number of ether oxygens (including phenoxy) is 1. The molecule has 0 bridgehead atoms. The summed E-state index contributed by atoms with van der Waals surface area (Å²) in [5, 5.41) is 7.52. The second kappa shape index (κ2) is 6.80. The van der Waals surface area contributed by atoms with E-state index in [1.807, 2.05) is 23.6 Å². The first-order valence-corrected chi connectivity index (χ1v) is 9.43. The summed E-state index contributed by atoms with van der Waals surface area (Å²) in [6.45, 7) is 1.87. The minimum absolute atomic E-state index is 0.127. The van der Waals surface area contributed by atoms with E-state index in [1.165, 1.54) is 0 Å². The van der Waals surface area contributed by atoms with Crippen molar-refractivity contribution in [3.8, 4) is 23.0 Å². The lowest BCUT2D eigenvalue weighted by Crippen LogP contribution is -2.04. The molecular formula is C17H16N6O3S. The summed E-state index contributed by atoms with van der Waals surface area (Å²) in [6.07, 6.45) is 3.31. The highest BCUT2D eigenvalue weighted by Gasteiger charge is 2.22. The summed E-state index contributed by atoms with van der Waals surface area (Å²) in [5.41, 5.74) is 8.33. The molecule has 0 amide bonds. The number of benzene rings is 1. The molecule has 138 valence electrons. The van der Waals surface area contributed by atoms with Crippen LogP contribution in [0.2, 0.25) is 0 Å². The van der Waals surface area contributed by atoms with Crippen LogP contribution in [0.5, 0.6) is 5.75 Å². The molecule has 0 aliphatic heterocycles. The van der Waals surface area contributed by atoms with Crippen molar-refractivity contribution in [2.45, 2.75) is 11.8 Å². The lowest BCUT2D eigenvalue weighted by Gasteiger charge is -2.14. The molecule has 3 heterocycles. The molecule has 0 saturated carbocycles. The number of nitrogen functional groups attached to an aromatic ring is 1. The summed E-state index contributed by atoms with van der Waals surface area (Å²) >= 11 is 0. The third-order valence-electron chi connectivity index (χ3n) is 4.10. The second-order valence-electron chi connectivity index (χ2n) is 5.60. The van der Waals surface area contributed by atoms with Gasteiger partial charge in [-0.15, -0.1) is 0 Å². The van der Waals surface area contributed by atoms with E-state index >= 15 is 0 Å². The number of pyridine rings is 1. The molecule has 4 rings (SSSR count). The first-order valence-electron chi connectivity index (χ1n) is 8.11. The zero-order valence-electron chi connectivity index (χ0n) is 14.6. The predicted octanol–water partition coefficient (Wildman–Crippen LogP) is 2.19. The first kappa shape index (κ1) is 17.2. The summed E-state index contributed by atoms with van der Waals surface area (Å²) in [7, 11) is 0.464. The number of imidazole rings is 1. The van der Waals surface area contributed by atoms with Gasteiger partial charge in [-0.25, -0.2) is 9.61 Å². The Hall–Kier alpha value is -3.27. The highest BCUT2D eigenvalue weighted by Crippen LogP contribution is 2.34. The molecule has 27 heavy (non-hydrogen) atoms. The second-order valence-corrected chi connectivity index (χ2v) is 7.34. The Morgan fingerprint density at radius 2 is 2.15 bits per heavy atom. The molecule has 2 N–H and O–H groups in total. The van der Waals surface area contributed by atoms with Gasteiger partial charge in [-0.1, -0.05) is 6.92 Å². The van der Waals surface area contributed by atoms with Gasteiger partial charge in [0.2, 0.25) is 0 Å². The van der Waals surface area contributed by atoms with Crippen molar-refractivity contribution < 1.29 is 13.6 Å². The number of hydrogen-bond acceptors (Lipinski definition) is 8. The van der Waals surface area contributed by atoms with Gasteiger partial charge < -0.3 is 10.5 Å². The van der Waals surface area contributed by atoms with Crippen LogP contribution in [0.4, 0.5) is 5.82 Å². The Kier molecular flexibility index (Phi) is 4.32. The largest absolute Gasteiger partial charge is 0.495 e. The molecule has 1 unspecified atom stereocenters. The Morgan fingerprint density at radius 3 is 2.85 bits per heavy atom. The van der Waals surface area contributed by atoms with E-state index in [1.54, 1.807) is 31.6 Å². The SMILES string of the molecule is CCS(=O)c1ccc(-n2c(-c3nonc3N)nc3cnccc32)c(OC)c1. The lowest BCUT2D eigenvalue weighted by atomic mass is 10.2. The predicted molar refractivity (Wildman–Crippen MR) is 100 cm³/mol. The van der Waals surface area contributed by atoms with Crippen molar-refractivity contribution in [1.29, 1.82) is 0 Å². The highest BCUT2D eigenvalue weighted by atomic mass is 32.2. The Bertz CT molecular complexity index is 1150. The Labute approximate surface area is 156 Å². The fourth-order valence-electron chi connectivity index (χ4n) is 2.84. The van der Waals surface area contributed by atoms with Crippen molar-refractivity contribution in [3.05, 3.63) is 36.7 Å². The third kappa shape index (κ3) is 2.83. The van der Waals surface area contributed by atoms with Gasteiger partial charge in [0, 0.05) is 16.8 Å². The molecule has 4 aromatic rings. The number of nitrogens with two attached hydrogens (primary N) is 1. The molecule has 9 nitrogen and oxygen atoms in total. The number of aromatic nitrogens is 5. The van der Waals surface area contributed by atoms with E-state index < -0.39 is 10.8 Å². The van der Waals surface area contributed by atoms with E-state index in [4.69, 9.17) is 15.1 Å². The van der Waals surface area contributed by atoms with Crippen molar-refractivity contribution >= 4 is 27.7 Å². The minimum Gasteiger partial charge on any atom is -0.495 e. The fraction of sp³-hybridized carbons (Fsp3) is 0.176. The molecule has 10 heteroatoms. The number of anilines is 1. The average Bonchev–Trinajstić information content (AvgIpc) is 3.29. The van der Waals surface area contributed by atoms with Crippen LogP contribution < -0.4 is 10.5 Å². The molecule has 1 aromatic carbocycles. The molecule has 0 spiro atoms. The van der Waals surface area contributed by atoms with Crippen molar-refractivity contribution in [2.24, 2.45) is 0 Å². The van der Waals surface area contributed by atoms with Gasteiger partial charge in [0.1, 0.15) is 11.3 Å². The summed E-state index contributed by atoms with van der Waals surface area (Å²) in [5.74, 6) is 1.64. The average molecular weight is 384 g/mol. The number of fused-ring (bicyclic) bond motifs is 1. The maximum Gasteiger partial charge on any atom is 0.199 e. The van der Waals surface area contributed by atoms with Crippen molar-refractivity contribution in [2.75, 3.05) is 18.6 Å². The molecule has 1 atom stereocenters. The van der Waals surface area contributed by atoms with E-state index in [-0.39, 0.29) is 5.82 Å². The van der Waals surface area contributed by atoms with Crippen LogP contribution in [-0.2, 0) is 10.8 Å². The van der Waals surface area contributed by atoms with Gasteiger partial charge in [0.05, 0.1) is 35.3 Å². The van der Waals surface area contributed by atoms with Crippen LogP contribution in [0, 0.1) is 0 Å². The monoisotopic (exact) mass is 384 g/mol. The molecule has 3 aromatic heterocycles. The van der Waals surface area contributed by atoms with Crippen LogP contribution in [0.25, 0.3) is 28.2 Å². The van der Waals surface area contributed by atoms with Gasteiger partial charge in [0.15, 0.2) is 17.3 Å². The van der Waals surface area contributed by atoms with Crippen LogP contribution in [-0.4, -0.2) is 41.9 Å². The lowest BCUT2D eigenvalue weighted by molar-refractivity contribution is 0.310. The van der Waals surface area contributed by atoms with Gasteiger partial charge in [-0.05, 0) is 34.6 Å². The van der Waals surface area contributed by atoms with Crippen LogP contribution in [0.15, 0.2) is 46.2 Å². The number of rotatable bonds is 5. The minimum atomic E-state index is -1.10. The van der Waals surface area contributed by atoms with E-state index in [0.29, 0.717) is 39.1 Å². The van der Waals surface area contributed by atoms with Crippen LogP contribution >= 0.6 is 0 Å². The van der Waals surface area contributed by atoms with E-state index in [0.717, 1.165) is 5.52 Å². The summed E-state index contributed by atoms with van der Waals surface area (Å²) in [6, 6.07) is 7.22. The van der Waals surface area contributed by atoms with E-state index in [2.05, 4.69) is 20.3 Å². The van der Waals surface area contributed by atoms with Gasteiger partial charge in [-0.3, -0.25) is 13.8 Å². The van der Waals surface area contributed by atoms with Gasteiger partial charge in [-0.2, -0.15) is 0 Å². The smallest absolute Gasteiger partial charge is 0.199 e. The Balaban J connectivity index is 2.01. The van der Waals surface area contributed by atoms with Crippen LogP contribution in [0.3, 0.4) is 0 Å².